The SMILES string of the molecule is COc1ccccc1C(=O)N/N=C1\CCCc2oc(C(=O)NC3CC(C)(C)NC(C)(C)C3)c(C)c21. The van der Waals surface area contributed by atoms with Crippen molar-refractivity contribution in [1.29, 1.82) is 0 Å². The van der Waals surface area contributed by atoms with E-state index in [-0.39, 0.29) is 28.9 Å². The van der Waals surface area contributed by atoms with Gasteiger partial charge in [-0.3, -0.25) is 9.59 Å². The molecule has 2 heterocycles. The van der Waals surface area contributed by atoms with Crippen LogP contribution in [0.4, 0.5) is 0 Å². The summed E-state index contributed by atoms with van der Waals surface area (Å²) >= 11 is 0. The van der Waals surface area contributed by atoms with Crippen LogP contribution < -0.4 is 20.8 Å². The molecule has 8 heteroatoms. The number of hydrogen-bond donors (Lipinski definition) is 3. The van der Waals surface area contributed by atoms with Crippen LogP contribution in [-0.2, 0) is 6.42 Å². The van der Waals surface area contributed by atoms with E-state index in [9.17, 15) is 9.59 Å². The molecule has 0 bridgehead atoms. The number of para-hydroxylation sites is 1. The third-order valence-corrected chi connectivity index (χ3v) is 6.70. The number of furan rings is 1. The highest BCUT2D eigenvalue weighted by Gasteiger charge is 2.39. The van der Waals surface area contributed by atoms with Crippen molar-refractivity contribution in [1.82, 2.24) is 16.1 Å². The standard InChI is InChI=1S/C27H36N4O4/c1-16-22-19(29-30-24(32)18-10-7-8-12-20(18)34-6)11-9-13-21(22)35-23(16)25(33)28-17-14-26(2,3)31-27(4,5)15-17/h7-8,10,12,17,31H,9,11,13-15H2,1-6H3,(H,28,33)(H,30,32)/b29-19+. The predicted octanol–water partition coefficient (Wildman–Crippen LogP) is 4.11. The molecule has 0 saturated carbocycles. The second-order valence-corrected chi connectivity index (χ2v) is 10.9. The Kier molecular flexibility index (Phi) is 6.77. The maximum Gasteiger partial charge on any atom is 0.287 e. The number of aryl methyl sites for hydroxylation is 1. The van der Waals surface area contributed by atoms with Crippen molar-refractivity contribution in [2.45, 2.75) is 83.8 Å². The Morgan fingerprint density at radius 2 is 1.77 bits per heavy atom. The number of carbonyl (C=O) groups is 2. The molecule has 35 heavy (non-hydrogen) atoms. The van der Waals surface area contributed by atoms with Crippen molar-refractivity contribution in [2.24, 2.45) is 5.10 Å². The summed E-state index contributed by atoms with van der Waals surface area (Å²) in [6, 6.07) is 7.05. The lowest BCUT2D eigenvalue weighted by Crippen LogP contribution is -2.62. The molecule has 2 aromatic rings. The summed E-state index contributed by atoms with van der Waals surface area (Å²) < 4.78 is 11.3. The smallest absolute Gasteiger partial charge is 0.287 e. The fraction of sp³-hybridized carbons (Fsp3) is 0.519. The summed E-state index contributed by atoms with van der Waals surface area (Å²) in [5.74, 6) is 1.01. The number of nitrogens with zero attached hydrogens (tertiary/aromatic N) is 1. The molecule has 8 nitrogen and oxygen atoms in total. The molecule has 3 N–H and O–H groups in total. The first-order valence-corrected chi connectivity index (χ1v) is 12.2. The van der Waals surface area contributed by atoms with Gasteiger partial charge in [-0.25, -0.2) is 5.43 Å². The number of benzene rings is 1. The zero-order valence-electron chi connectivity index (χ0n) is 21.5. The molecule has 4 rings (SSSR count). The molecule has 188 valence electrons. The van der Waals surface area contributed by atoms with Crippen molar-refractivity contribution in [3.05, 3.63) is 52.5 Å². The van der Waals surface area contributed by atoms with Gasteiger partial charge in [-0.1, -0.05) is 12.1 Å². The first kappa shape index (κ1) is 25.0. The summed E-state index contributed by atoms with van der Waals surface area (Å²) in [6.07, 6.45) is 3.93. The highest BCUT2D eigenvalue weighted by Crippen LogP contribution is 2.32. The molecule has 2 amide bonds. The lowest BCUT2D eigenvalue weighted by molar-refractivity contribution is 0.0842. The van der Waals surface area contributed by atoms with Crippen molar-refractivity contribution in [3.8, 4) is 5.75 Å². The molecule has 0 atom stereocenters. The van der Waals surface area contributed by atoms with Crippen molar-refractivity contribution in [2.75, 3.05) is 7.11 Å². The van der Waals surface area contributed by atoms with E-state index in [1.54, 1.807) is 18.2 Å². The van der Waals surface area contributed by atoms with Crippen LogP contribution in [0.3, 0.4) is 0 Å². The minimum absolute atomic E-state index is 0.0450. The van der Waals surface area contributed by atoms with Crippen LogP contribution in [0.2, 0.25) is 0 Å². The maximum atomic E-state index is 13.3. The van der Waals surface area contributed by atoms with Gasteiger partial charge in [0.2, 0.25) is 0 Å². The summed E-state index contributed by atoms with van der Waals surface area (Å²) in [5.41, 5.74) is 5.22. The molecule has 1 fully saturated rings. The number of amides is 2. The third kappa shape index (κ3) is 5.42. The van der Waals surface area contributed by atoms with Crippen LogP contribution in [0, 0.1) is 6.92 Å². The van der Waals surface area contributed by atoms with Gasteiger partial charge in [0.15, 0.2) is 5.76 Å². The molecule has 0 radical (unpaired) electrons. The number of carbonyl (C=O) groups excluding carboxylic acids is 2. The van der Waals surface area contributed by atoms with Gasteiger partial charge in [0.05, 0.1) is 18.4 Å². The van der Waals surface area contributed by atoms with Gasteiger partial charge in [-0.2, -0.15) is 5.10 Å². The summed E-state index contributed by atoms with van der Waals surface area (Å²) in [7, 11) is 1.53. The quantitative estimate of drug-likeness (QED) is 0.559. The zero-order chi connectivity index (χ0) is 25.4. The van der Waals surface area contributed by atoms with E-state index in [4.69, 9.17) is 9.15 Å². The lowest BCUT2D eigenvalue weighted by Gasteiger charge is -2.46. The first-order chi connectivity index (χ1) is 16.5. The number of fused-ring (bicyclic) bond motifs is 1. The Bertz CT molecular complexity index is 1150. The van der Waals surface area contributed by atoms with Gasteiger partial charge in [-0.05, 0) is 72.4 Å². The molecule has 1 saturated heterocycles. The van der Waals surface area contributed by atoms with Gasteiger partial charge in [0, 0.05) is 34.7 Å². The normalized spacial score (nSPS) is 20.2. The fourth-order valence-electron chi connectivity index (χ4n) is 5.68. The van der Waals surface area contributed by atoms with Gasteiger partial charge < -0.3 is 19.8 Å². The number of hydrazone groups is 1. The molecule has 1 aromatic heterocycles. The Hall–Kier alpha value is -3.13. The summed E-state index contributed by atoms with van der Waals surface area (Å²) in [4.78, 5) is 26.0. The zero-order valence-corrected chi connectivity index (χ0v) is 21.5. The molecular weight excluding hydrogens is 444 g/mol. The van der Waals surface area contributed by atoms with E-state index in [2.05, 4.69) is 48.9 Å². The van der Waals surface area contributed by atoms with E-state index in [0.717, 1.165) is 48.3 Å². The Morgan fingerprint density at radius 1 is 1.09 bits per heavy atom. The Balaban J connectivity index is 1.53. The highest BCUT2D eigenvalue weighted by molar-refractivity contribution is 6.07. The number of piperidine rings is 1. The first-order valence-electron chi connectivity index (χ1n) is 12.2. The van der Waals surface area contributed by atoms with Crippen LogP contribution in [0.1, 0.15) is 91.2 Å². The van der Waals surface area contributed by atoms with Crippen LogP contribution in [0.15, 0.2) is 33.8 Å². The molecule has 0 spiro atoms. The van der Waals surface area contributed by atoms with E-state index >= 15 is 0 Å². The monoisotopic (exact) mass is 480 g/mol. The van der Waals surface area contributed by atoms with Crippen LogP contribution in [0.25, 0.3) is 0 Å². The second kappa shape index (κ2) is 9.49. The molecular formula is C27H36N4O4. The highest BCUT2D eigenvalue weighted by atomic mass is 16.5. The number of ether oxygens (including phenoxy) is 1. The Morgan fingerprint density at radius 3 is 2.46 bits per heavy atom. The predicted molar refractivity (Wildman–Crippen MR) is 135 cm³/mol. The molecule has 2 aliphatic rings. The van der Waals surface area contributed by atoms with Crippen molar-refractivity contribution in [3.63, 3.8) is 0 Å². The maximum absolute atomic E-state index is 13.3. The van der Waals surface area contributed by atoms with E-state index in [1.165, 1.54) is 7.11 Å². The minimum Gasteiger partial charge on any atom is -0.496 e. The molecule has 1 aromatic carbocycles. The fourth-order valence-corrected chi connectivity index (χ4v) is 5.68. The number of hydrogen-bond acceptors (Lipinski definition) is 6. The topological polar surface area (TPSA) is 105 Å². The van der Waals surface area contributed by atoms with E-state index in [1.807, 2.05) is 13.0 Å². The number of methoxy groups -OCH3 is 1. The van der Waals surface area contributed by atoms with Crippen LogP contribution in [0.5, 0.6) is 5.75 Å². The van der Waals surface area contributed by atoms with E-state index in [0.29, 0.717) is 23.5 Å². The van der Waals surface area contributed by atoms with Crippen LogP contribution >= 0.6 is 0 Å². The minimum atomic E-state index is -0.350. The van der Waals surface area contributed by atoms with Gasteiger partial charge in [0.1, 0.15) is 11.5 Å². The molecule has 1 aliphatic carbocycles. The average molecular weight is 481 g/mol. The molecule has 0 unspecified atom stereocenters. The largest absolute Gasteiger partial charge is 0.496 e. The molecule has 1 aliphatic heterocycles. The van der Waals surface area contributed by atoms with Gasteiger partial charge in [-0.15, -0.1) is 0 Å². The third-order valence-electron chi connectivity index (χ3n) is 6.70. The van der Waals surface area contributed by atoms with Crippen molar-refractivity contribution >= 4 is 17.5 Å². The number of nitrogens with one attached hydrogen (secondary N) is 3. The van der Waals surface area contributed by atoms with Crippen LogP contribution in [-0.4, -0.2) is 41.8 Å². The van der Waals surface area contributed by atoms with Crippen molar-refractivity contribution < 1.29 is 18.7 Å². The number of rotatable bonds is 5. The average Bonchev–Trinajstić information content (AvgIpc) is 3.12. The second-order valence-electron chi connectivity index (χ2n) is 10.9. The summed E-state index contributed by atoms with van der Waals surface area (Å²) in [5, 5.41) is 11.3. The lowest BCUT2D eigenvalue weighted by atomic mass is 9.79. The van der Waals surface area contributed by atoms with Gasteiger partial charge >= 0.3 is 0 Å². The van der Waals surface area contributed by atoms with Gasteiger partial charge in [0.25, 0.3) is 11.8 Å². The Labute approximate surface area is 206 Å². The van der Waals surface area contributed by atoms with E-state index < -0.39 is 0 Å². The summed E-state index contributed by atoms with van der Waals surface area (Å²) in [6.45, 7) is 10.5.